The van der Waals surface area contributed by atoms with E-state index in [1.807, 2.05) is 30.3 Å². The number of hydrogen-bond acceptors (Lipinski definition) is 5. The minimum atomic E-state index is -1.05. The Bertz CT molecular complexity index is 969. The molecule has 5 nitrogen and oxygen atoms in total. The van der Waals surface area contributed by atoms with Crippen molar-refractivity contribution in [2.45, 2.75) is 24.9 Å². The lowest BCUT2D eigenvalue weighted by molar-refractivity contribution is 0.0189. The lowest BCUT2D eigenvalue weighted by Gasteiger charge is -2.35. The molecule has 134 valence electrons. The van der Waals surface area contributed by atoms with Gasteiger partial charge >= 0.3 is 0 Å². The van der Waals surface area contributed by atoms with Crippen LogP contribution in [0.1, 0.15) is 34.3 Å². The SMILES string of the molecule is COc1ccc2c(c1)CCC[C@]2(O)CNC(=O)c1ccc2ncsc2c1. The summed E-state index contributed by atoms with van der Waals surface area (Å²) in [4.78, 5) is 16.8. The summed E-state index contributed by atoms with van der Waals surface area (Å²) in [6.45, 7) is 0.186. The fourth-order valence-electron chi connectivity index (χ4n) is 3.57. The van der Waals surface area contributed by atoms with Gasteiger partial charge < -0.3 is 15.2 Å². The third-order valence-corrected chi connectivity index (χ3v) is 5.78. The molecule has 26 heavy (non-hydrogen) atoms. The topological polar surface area (TPSA) is 71.5 Å². The number of aromatic nitrogens is 1. The van der Waals surface area contributed by atoms with Crippen LogP contribution in [-0.2, 0) is 12.0 Å². The van der Waals surface area contributed by atoms with Crippen molar-refractivity contribution in [1.29, 1.82) is 0 Å². The van der Waals surface area contributed by atoms with E-state index >= 15 is 0 Å². The Hall–Kier alpha value is -2.44. The minimum Gasteiger partial charge on any atom is -0.497 e. The number of benzene rings is 2. The van der Waals surface area contributed by atoms with Gasteiger partial charge in [-0.15, -0.1) is 11.3 Å². The number of nitrogens with zero attached hydrogens (tertiary/aromatic N) is 1. The number of rotatable bonds is 4. The zero-order valence-corrected chi connectivity index (χ0v) is 15.3. The van der Waals surface area contributed by atoms with Gasteiger partial charge in [0.1, 0.15) is 11.4 Å². The van der Waals surface area contributed by atoms with Gasteiger partial charge in [0.05, 0.1) is 29.4 Å². The van der Waals surface area contributed by atoms with Crippen LogP contribution in [0.5, 0.6) is 5.75 Å². The highest BCUT2D eigenvalue weighted by Gasteiger charge is 2.35. The van der Waals surface area contributed by atoms with Crippen molar-refractivity contribution < 1.29 is 14.6 Å². The van der Waals surface area contributed by atoms with E-state index in [0.717, 1.165) is 39.9 Å². The van der Waals surface area contributed by atoms with Crippen LogP contribution in [0, 0.1) is 0 Å². The van der Waals surface area contributed by atoms with Gasteiger partial charge in [0, 0.05) is 5.56 Å². The Morgan fingerprint density at radius 2 is 2.23 bits per heavy atom. The summed E-state index contributed by atoms with van der Waals surface area (Å²) in [7, 11) is 1.64. The van der Waals surface area contributed by atoms with E-state index in [9.17, 15) is 9.90 Å². The average molecular weight is 368 g/mol. The molecule has 1 atom stereocenters. The second-order valence-electron chi connectivity index (χ2n) is 6.63. The summed E-state index contributed by atoms with van der Waals surface area (Å²) < 4.78 is 6.26. The molecule has 3 aromatic rings. The quantitative estimate of drug-likeness (QED) is 0.741. The summed E-state index contributed by atoms with van der Waals surface area (Å²) in [5, 5.41) is 14.1. The molecule has 0 radical (unpaired) electrons. The number of thiazole rings is 1. The lowest BCUT2D eigenvalue weighted by Crippen LogP contribution is -2.43. The van der Waals surface area contributed by atoms with Crippen LogP contribution in [-0.4, -0.2) is 29.7 Å². The number of nitrogens with one attached hydrogen (secondary N) is 1. The number of ether oxygens (including phenoxy) is 1. The number of aliphatic hydroxyl groups is 1. The lowest BCUT2D eigenvalue weighted by atomic mass is 9.79. The Labute approximate surface area is 155 Å². The Kier molecular flexibility index (Phi) is 4.38. The van der Waals surface area contributed by atoms with Crippen molar-refractivity contribution in [3.8, 4) is 5.75 Å². The van der Waals surface area contributed by atoms with Gasteiger partial charge in [-0.3, -0.25) is 4.79 Å². The number of carbonyl (C=O) groups excluding carboxylic acids is 1. The normalized spacial score (nSPS) is 19.2. The predicted molar refractivity (Wildman–Crippen MR) is 102 cm³/mol. The van der Waals surface area contributed by atoms with Crippen molar-refractivity contribution in [3.05, 3.63) is 58.6 Å². The molecule has 1 aliphatic rings. The van der Waals surface area contributed by atoms with Crippen LogP contribution in [0.2, 0.25) is 0 Å². The molecule has 0 saturated carbocycles. The fourth-order valence-corrected chi connectivity index (χ4v) is 4.29. The van der Waals surface area contributed by atoms with E-state index in [1.165, 1.54) is 11.3 Å². The first-order valence-corrected chi connectivity index (χ1v) is 9.48. The molecule has 1 heterocycles. The fraction of sp³-hybridized carbons (Fsp3) is 0.300. The molecular weight excluding hydrogens is 348 g/mol. The highest BCUT2D eigenvalue weighted by Crippen LogP contribution is 2.36. The summed E-state index contributed by atoms with van der Waals surface area (Å²) in [5.74, 6) is 0.601. The maximum Gasteiger partial charge on any atom is 0.251 e. The predicted octanol–water partition coefficient (Wildman–Crippen LogP) is 3.26. The first-order valence-electron chi connectivity index (χ1n) is 8.60. The smallest absolute Gasteiger partial charge is 0.251 e. The number of aryl methyl sites for hydroxylation is 1. The summed E-state index contributed by atoms with van der Waals surface area (Å²) in [5.41, 5.74) is 4.14. The standard InChI is InChI=1S/C20H20N2O3S/c1-25-15-5-6-16-13(9-15)3-2-8-20(16,24)11-21-19(23)14-4-7-17-18(10-14)26-12-22-17/h4-7,9-10,12,24H,2-3,8,11H2,1H3,(H,21,23)/t20-/m0/s1. The molecule has 0 bridgehead atoms. The molecule has 6 heteroatoms. The molecule has 0 spiro atoms. The molecule has 0 fully saturated rings. The molecule has 2 aromatic carbocycles. The van der Waals surface area contributed by atoms with Gasteiger partial charge in [0.25, 0.3) is 5.91 Å². The van der Waals surface area contributed by atoms with E-state index in [2.05, 4.69) is 10.3 Å². The summed E-state index contributed by atoms with van der Waals surface area (Å²) >= 11 is 1.51. The van der Waals surface area contributed by atoms with Gasteiger partial charge in [0.2, 0.25) is 0 Å². The second kappa shape index (κ2) is 6.70. The first kappa shape index (κ1) is 17.0. The van der Waals surface area contributed by atoms with Gasteiger partial charge in [-0.1, -0.05) is 6.07 Å². The average Bonchev–Trinajstić information content (AvgIpc) is 3.14. The Balaban J connectivity index is 1.53. The van der Waals surface area contributed by atoms with E-state index in [-0.39, 0.29) is 12.5 Å². The van der Waals surface area contributed by atoms with Crippen molar-refractivity contribution in [2.75, 3.05) is 13.7 Å². The maximum atomic E-state index is 12.5. The van der Waals surface area contributed by atoms with E-state index in [1.54, 1.807) is 18.7 Å². The second-order valence-corrected chi connectivity index (χ2v) is 7.51. The molecular formula is C20H20N2O3S. The number of amides is 1. The van der Waals surface area contributed by atoms with Gasteiger partial charge in [-0.05, 0) is 60.7 Å². The van der Waals surface area contributed by atoms with Crippen LogP contribution in [0.15, 0.2) is 41.9 Å². The molecule has 2 N–H and O–H groups in total. The number of fused-ring (bicyclic) bond motifs is 2. The monoisotopic (exact) mass is 368 g/mol. The van der Waals surface area contributed by atoms with Crippen LogP contribution in [0.3, 0.4) is 0 Å². The molecule has 1 aromatic heterocycles. The van der Waals surface area contributed by atoms with Gasteiger partial charge in [-0.25, -0.2) is 4.98 Å². The molecule has 1 aliphatic carbocycles. The number of hydrogen-bond donors (Lipinski definition) is 2. The van der Waals surface area contributed by atoms with Crippen LogP contribution in [0.25, 0.3) is 10.2 Å². The van der Waals surface area contributed by atoms with E-state index < -0.39 is 5.60 Å². The zero-order chi connectivity index (χ0) is 18.1. The van der Waals surface area contributed by atoms with Crippen molar-refractivity contribution in [3.63, 3.8) is 0 Å². The molecule has 1 amide bonds. The maximum absolute atomic E-state index is 12.5. The van der Waals surface area contributed by atoms with Gasteiger partial charge in [0.15, 0.2) is 0 Å². The Morgan fingerprint density at radius 1 is 1.35 bits per heavy atom. The van der Waals surface area contributed by atoms with E-state index in [4.69, 9.17) is 4.74 Å². The molecule has 0 aliphatic heterocycles. The summed E-state index contributed by atoms with van der Waals surface area (Å²) in [6, 6.07) is 11.2. The zero-order valence-electron chi connectivity index (χ0n) is 14.5. The highest BCUT2D eigenvalue weighted by atomic mass is 32.1. The molecule has 0 saturated heterocycles. The minimum absolute atomic E-state index is 0.186. The third-order valence-electron chi connectivity index (χ3n) is 4.99. The van der Waals surface area contributed by atoms with Crippen molar-refractivity contribution >= 4 is 27.5 Å². The Morgan fingerprint density at radius 3 is 3.08 bits per heavy atom. The van der Waals surface area contributed by atoms with Crippen molar-refractivity contribution in [2.24, 2.45) is 0 Å². The summed E-state index contributed by atoms with van der Waals surface area (Å²) in [6.07, 6.45) is 2.41. The van der Waals surface area contributed by atoms with Gasteiger partial charge in [-0.2, -0.15) is 0 Å². The largest absolute Gasteiger partial charge is 0.497 e. The highest BCUT2D eigenvalue weighted by molar-refractivity contribution is 7.16. The van der Waals surface area contributed by atoms with Crippen LogP contribution in [0.4, 0.5) is 0 Å². The third kappa shape index (κ3) is 3.06. The first-order chi connectivity index (χ1) is 12.6. The molecule has 4 rings (SSSR count). The molecule has 0 unspecified atom stereocenters. The number of carbonyl (C=O) groups is 1. The van der Waals surface area contributed by atoms with Crippen LogP contribution < -0.4 is 10.1 Å². The van der Waals surface area contributed by atoms with E-state index in [0.29, 0.717) is 12.0 Å². The van der Waals surface area contributed by atoms with Crippen LogP contribution >= 0.6 is 11.3 Å². The van der Waals surface area contributed by atoms with Crippen molar-refractivity contribution in [1.82, 2.24) is 10.3 Å². The number of methoxy groups -OCH3 is 1.